The van der Waals surface area contributed by atoms with Crippen LogP contribution in [0.25, 0.3) is 0 Å². The van der Waals surface area contributed by atoms with E-state index < -0.39 is 0 Å². The molecule has 1 rings (SSSR count). The quantitative estimate of drug-likeness (QED) is 0.621. The summed E-state index contributed by atoms with van der Waals surface area (Å²) in [5.74, 6) is 3.18. The minimum Gasteiger partial charge on any atom is -0.497 e. The van der Waals surface area contributed by atoms with Gasteiger partial charge in [0.05, 0.1) is 14.2 Å². The van der Waals surface area contributed by atoms with Crippen molar-refractivity contribution in [3.05, 3.63) is 23.8 Å². The van der Waals surface area contributed by atoms with Crippen molar-refractivity contribution < 1.29 is 9.47 Å². The molecule has 0 radical (unpaired) electrons. The topological polar surface area (TPSA) is 46.1 Å². The summed E-state index contributed by atoms with van der Waals surface area (Å²) in [6, 6.07) is 5.87. The average molecular weight is 307 g/mol. The van der Waals surface area contributed by atoms with E-state index >= 15 is 0 Å². The second-order valence-electron chi connectivity index (χ2n) is 5.69. The molecule has 0 unspecified atom stereocenters. The van der Waals surface area contributed by atoms with Gasteiger partial charge in [-0.25, -0.2) is 0 Å². The van der Waals surface area contributed by atoms with E-state index in [0.717, 1.165) is 36.0 Å². The van der Waals surface area contributed by atoms with Crippen LogP contribution in [0.15, 0.2) is 23.2 Å². The van der Waals surface area contributed by atoms with Crippen LogP contribution in [0.4, 0.5) is 0 Å². The fourth-order valence-corrected chi connectivity index (χ4v) is 2.17. The van der Waals surface area contributed by atoms with E-state index in [1.165, 1.54) is 0 Å². The molecule has 0 amide bonds. The van der Waals surface area contributed by atoms with Gasteiger partial charge in [0.25, 0.3) is 0 Å². The lowest BCUT2D eigenvalue weighted by molar-refractivity contribution is 0.382. The number of rotatable bonds is 7. The third kappa shape index (κ3) is 5.47. The summed E-state index contributed by atoms with van der Waals surface area (Å²) in [7, 11) is 7.16. The van der Waals surface area contributed by atoms with Gasteiger partial charge in [0.2, 0.25) is 0 Å². The molecule has 1 aromatic carbocycles. The lowest BCUT2D eigenvalue weighted by Gasteiger charge is -2.23. The van der Waals surface area contributed by atoms with Crippen molar-refractivity contribution in [2.75, 3.05) is 34.9 Å². The number of guanidine groups is 1. The molecule has 0 bridgehead atoms. The van der Waals surface area contributed by atoms with Crippen LogP contribution in [0, 0.1) is 5.92 Å². The first-order valence-corrected chi connectivity index (χ1v) is 7.64. The fourth-order valence-electron chi connectivity index (χ4n) is 2.17. The summed E-state index contributed by atoms with van der Waals surface area (Å²) in [5, 5.41) is 3.39. The molecule has 1 aromatic rings. The lowest BCUT2D eigenvalue weighted by Crippen LogP contribution is -2.39. The Morgan fingerprint density at radius 3 is 2.55 bits per heavy atom. The number of hydrogen-bond acceptors (Lipinski definition) is 3. The van der Waals surface area contributed by atoms with Crippen LogP contribution < -0.4 is 14.8 Å². The number of methoxy groups -OCH3 is 2. The van der Waals surface area contributed by atoms with Crippen molar-refractivity contribution in [1.82, 2.24) is 10.2 Å². The highest BCUT2D eigenvalue weighted by Gasteiger charge is 2.11. The van der Waals surface area contributed by atoms with Crippen molar-refractivity contribution in [3.8, 4) is 11.5 Å². The third-order valence-corrected chi connectivity index (χ3v) is 3.48. The largest absolute Gasteiger partial charge is 0.497 e. The summed E-state index contributed by atoms with van der Waals surface area (Å²) in [6.45, 7) is 6.08. The molecule has 0 spiro atoms. The van der Waals surface area contributed by atoms with E-state index in [-0.39, 0.29) is 0 Å². The van der Waals surface area contributed by atoms with Crippen molar-refractivity contribution in [2.45, 2.75) is 26.8 Å². The Bertz CT molecular complexity index is 487. The smallest absolute Gasteiger partial charge is 0.193 e. The molecule has 0 fully saturated rings. The maximum Gasteiger partial charge on any atom is 0.193 e. The third-order valence-electron chi connectivity index (χ3n) is 3.48. The Hall–Kier alpha value is -1.91. The fraction of sp³-hybridized carbons (Fsp3) is 0.588. The van der Waals surface area contributed by atoms with E-state index in [4.69, 9.17) is 9.47 Å². The number of benzene rings is 1. The lowest BCUT2D eigenvalue weighted by atomic mass is 10.1. The van der Waals surface area contributed by atoms with Gasteiger partial charge in [0, 0.05) is 38.8 Å². The number of nitrogens with one attached hydrogen (secondary N) is 1. The first-order valence-electron chi connectivity index (χ1n) is 7.64. The van der Waals surface area contributed by atoms with Crippen LogP contribution in [0.1, 0.15) is 25.8 Å². The Kier molecular flexibility index (Phi) is 7.57. The van der Waals surface area contributed by atoms with E-state index in [1.807, 2.05) is 25.2 Å². The standard InChI is InChI=1S/C17H29N3O2/c1-13(2)9-10-19-17(18-3)20(4)12-14-7-8-15(21-5)11-16(14)22-6/h7-8,11,13H,9-10,12H2,1-6H3,(H,18,19). The molecular formula is C17H29N3O2. The van der Waals surface area contributed by atoms with Gasteiger partial charge in [-0.2, -0.15) is 0 Å². The highest BCUT2D eigenvalue weighted by atomic mass is 16.5. The maximum atomic E-state index is 5.45. The van der Waals surface area contributed by atoms with Crippen molar-refractivity contribution in [1.29, 1.82) is 0 Å². The van der Waals surface area contributed by atoms with Crippen LogP contribution in [0.2, 0.25) is 0 Å². The Morgan fingerprint density at radius 2 is 2.00 bits per heavy atom. The van der Waals surface area contributed by atoms with Gasteiger partial charge in [-0.1, -0.05) is 13.8 Å². The van der Waals surface area contributed by atoms with Crippen LogP contribution in [0.3, 0.4) is 0 Å². The summed E-state index contributed by atoms with van der Waals surface area (Å²) in [6.07, 6.45) is 1.12. The Morgan fingerprint density at radius 1 is 1.27 bits per heavy atom. The molecule has 0 heterocycles. The predicted molar refractivity (Wildman–Crippen MR) is 91.8 cm³/mol. The van der Waals surface area contributed by atoms with E-state index in [0.29, 0.717) is 12.5 Å². The van der Waals surface area contributed by atoms with E-state index in [9.17, 15) is 0 Å². The number of hydrogen-bond donors (Lipinski definition) is 1. The minimum atomic E-state index is 0.678. The molecule has 124 valence electrons. The second-order valence-corrected chi connectivity index (χ2v) is 5.69. The second kappa shape index (κ2) is 9.18. The van der Waals surface area contributed by atoms with Gasteiger partial charge in [0.15, 0.2) is 5.96 Å². The minimum absolute atomic E-state index is 0.678. The van der Waals surface area contributed by atoms with E-state index in [1.54, 1.807) is 21.3 Å². The van der Waals surface area contributed by atoms with Gasteiger partial charge in [-0.15, -0.1) is 0 Å². The highest BCUT2D eigenvalue weighted by Crippen LogP contribution is 2.25. The molecule has 0 aliphatic carbocycles. The molecule has 5 heteroatoms. The summed E-state index contributed by atoms with van der Waals surface area (Å²) >= 11 is 0. The van der Waals surface area contributed by atoms with Crippen molar-refractivity contribution in [2.24, 2.45) is 10.9 Å². The zero-order valence-corrected chi connectivity index (χ0v) is 14.6. The molecule has 5 nitrogen and oxygen atoms in total. The van der Waals surface area contributed by atoms with Gasteiger partial charge >= 0.3 is 0 Å². The summed E-state index contributed by atoms with van der Waals surface area (Å²) < 4.78 is 10.7. The molecule has 0 atom stereocenters. The predicted octanol–water partition coefficient (Wildman–Crippen LogP) is 2.76. The molecule has 0 saturated heterocycles. The molecule has 0 aromatic heterocycles. The Balaban J connectivity index is 2.71. The van der Waals surface area contributed by atoms with E-state index in [2.05, 4.69) is 29.1 Å². The normalized spacial score (nSPS) is 11.5. The molecule has 1 N–H and O–H groups in total. The average Bonchev–Trinajstić information content (AvgIpc) is 2.51. The first-order chi connectivity index (χ1) is 10.5. The van der Waals surface area contributed by atoms with Gasteiger partial charge in [0.1, 0.15) is 11.5 Å². The zero-order chi connectivity index (χ0) is 16.5. The maximum absolute atomic E-state index is 5.45. The van der Waals surface area contributed by atoms with Crippen LogP contribution in [0.5, 0.6) is 11.5 Å². The summed E-state index contributed by atoms with van der Waals surface area (Å²) in [5.41, 5.74) is 1.10. The van der Waals surface area contributed by atoms with Gasteiger partial charge < -0.3 is 19.7 Å². The molecular weight excluding hydrogens is 278 g/mol. The van der Waals surface area contributed by atoms with Crippen LogP contribution >= 0.6 is 0 Å². The van der Waals surface area contributed by atoms with Gasteiger partial charge in [-0.3, -0.25) is 4.99 Å². The number of nitrogens with zero attached hydrogens (tertiary/aromatic N) is 2. The van der Waals surface area contributed by atoms with Crippen LogP contribution in [-0.2, 0) is 6.54 Å². The Labute approximate surface area is 134 Å². The molecule has 0 aliphatic heterocycles. The van der Waals surface area contributed by atoms with Crippen LogP contribution in [-0.4, -0.2) is 45.7 Å². The summed E-state index contributed by atoms with van der Waals surface area (Å²) in [4.78, 5) is 6.42. The van der Waals surface area contributed by atoms with Gasteiger partial charge in [-0.05, 0) is 24.5 Å². The monoisotopic (exact) mass is 307 g/mol. The molecule has 0 aliphatic rings. The van der Waals surface area contributed by atoms with Crippen molar-refractivity contribution >= 4 is 5.96 Å². The van der Waals surface area contributed by atoms with Crippen molar-refractivity contribution in [3.63, 3.8) is 0 Å². The SMILES string of the molecule is CN=C(NCCC(C)C)N(C)Cc1ccc(OC)cc1OC. The zero-order valence-electron chi connectivity index (χ0n) is 14.6. The molecule has 0 saturated carbocycles. The number of ether oxygens (including phenoxy) is 2. The first kappa shape index (κ1) is 18.1. The highest BCUT2D eigenvalue weighted by molar-refractivity contribution is 5.79. The molecule has 22 heavy (non-hydrogen) atoms. The number of aliphatic imine (C=N–C) groups is 1.